The van der Waals surface area contributed by atoms with E-state index in [1.165, 1.54) is 39.0 Å². The predicted octanol–water partition coefficient (Wildman–Crippen LogP) is 0.766. The Labute approximate surface area is 141 Å². The van der Waals surface area contributed by atoms with Crippen molar-refractivity contribution in [3.63, 3.8) is 0 Å². The smallest absolute Gasteiger partial charge is 0.223 e. The van der Waals surface area contributed by atoms with Gasteiger partial charge in [0.2, 0.25) is 5.91 Å². The van der Waals surface area contributed by atoms with Crippen LogP contribution in [0.2, 0.25) is 0 Å². The fraction of sp³-hybridized carbons (Fsp3) is 0.944. The van der Waals surface area contributed by atoms with E-state index in [1.807, 2.05) is 0 Å². The SMILES string of the molecule is CCN1CCN(CC(C)CNC(=O)C2CC23CCNCC3)CC1. The molecule has 1 spiro atoms. The van der Waals surface area contributed by atoms with Gasteiger partial charge in [-0.25, -0.2) is 0 Å². The fourth-order valence-electron chi connectivity index (χ4n) is 4.39. The van der Waals surface area contributed by atoms with Crippen LogP contribution in [0.3, 0.4) is 0 Å². The molecule has 2 unspecified atom stereocenters. The molecule has 2 aliphatic heterocycles. The normalized spacial score (nSPS) is 29.4. The van der Waals surface area contributed by atoms with Crippen LogP contribution in [0.15, 0.2) is 0 Å². The van der Waals surface area contributed by atoms with Gasteiger partial charge in [-0.05, 0) is 50.2 Å². The van der Waals surface area contributed by atoms with Crippen molar-refractivity contribution < 1.29 is 4.79 Å². The maximum atomic E-state index is 12.4. The first-order valence-electron chi connectivity index (χ1n) is 9.56. The molecule has 0 radical (unpaired) electrons. The molecule has 2 saturated heterocycles. The lowest BCUT2D eigenvalue weighted by atomic mass is 9.91. The fourth-order valence-corrected chi connectivity index (χ4v) is 4.39. The van der Waals surface area contributed by atoms with E-state index >= 15 is 0 Å². The summed E-state index contributed by atoms with van der Waals surface area (Å²) >= 11 is 0. The van der Waals surface area contributed by atoms with Crippen LogP contribution in [0.1, 0.15) is 33.1 Å². The zero-order valence-electron chi connectivity index (χ0n) is 14.9. The van der Waals surface area contributed by atoms with Gasteiger partial charge in [-0.15, -0.1) is 0 Å². The average molecular weight is 322 g/mol. The zero-order valence-corrected chi connectivity index (χ0v) is 14.9. The molecule has 2 atom stereocenters. The van der Waals surface area contributed by atoms with Gasteiger partial charge in [-0.3, -0.25) is 4.79 Å². The lowest BCUT2D eigenvalue weighted by molar-refractivity contribution is -0.123. The quantitative estimate of drug-likeness (QED) is 0.758. The van der Waals surface area contributed by atoms with Crippen molar-refractivity contribution in [1.29, 1.82) is 0 Å². The molecule has 5 heteroatoms. The van der Waals surface area contributed by atoms with Gasteiger partial charge in [0, 0.05) is 45.2 Å². The number of amides is 1. The molecule has 3 aliphatic rings. The van der Waals surface area contributed by atoms with Crippen molar-refractivity contribution in [1.82, 2.24) is 20.4 Å². The van der Waals surface area contributed by atoms with Crippen molar-refractivity contribution in [3.05, 3.63) is 0 Å². The van der Waals surface area contributed by atoms with E-state index in [0.717, 1.165) is 39.1 Å². The van der Waals surface area contributed by atoms with E-state index in [4.69, 9.17) is 0 Å². The van der Waals surface area contributed by atoms with Crippen LogP contribution in [0, 0.1) is 17.3 Å². The Balaban J connectivity index is 1.33. The summed E-state index contributed by atoms with van der Waals surface area (Å²) in [5.74, 6) is 1.15. The van der Waals surface area contributed by atoms with Crippen LogP contribution in [-0.4, -0.2) is 74.6 Å². The summed E-state index contributed by atoms with van der Waals surface area (Å²) in [7, 11) is 0. The van der Waals surface area contributed by atoms with E-state index in [0.29, 0.717) is 23.2 Å². The number of likely N-dealkylation sites (N-methyl/N-ethyl adjacent to an activating group) is 1. The minimum Gasteiger partial charge on any atom is -0.356 e. The van der Waals surface area contributed by atoms with Crippen LogP contribution in [0.4, 0.5) is 0 Å². The van der Waals surface area contributed by atoms with Crippen LogP contribution in [0.5, 0.6) is 0 Å². The second-order valence-corrected chi connectivity index (χ2v) is 7.95. The molecule has 5 nitrogen and oxygen atoms in total. The summed E-state index contributed by atoms with van der Waals surface area (Å²) in [4.78, 5) is 17.5. The Morgan fingerprint density at radius 3 is 2.52 bits per heavy atom. The molecule has 2 N–H and O–H groups in total. The number of carbonyl (C=O) groups excluding carboxylic acids is 1. The lowest BCUT2D eigenvalue weighted by Gasteiger charge is -2.35. The van der Waals surface area contributed by atoms with Crippen molar-refractivity contribution in [3.8, 4) is 0 Å². The third kappa shape index (κ3) is 4.25. The molecule has 0 aromatic heterocycles. The van der Waals surface area contributed by atoms with Gasteiger partial charge in [0.25, 0.3) is 0 Å². The number of rotatable bonds is 6. The third-order valence-corrected chi connectivity index (χ3v) is 6.21. The largest absolute Gasteiger partial charge is 0.356 e. The van der Waals surface area contributed by atoms with Gasteiger partial charge in [0.1, 0.15) is 0 Å². The highest BCUT2D eigenvalue weighted by Gasteiger charge is 2.57. The Morgan fingerprint density at radius 1 is 1.22 bits per heavy atom. The molecular weight excluding hydrogens is 288 g/mol. The molecule has 1 amide bonds. The highest BCUT2D eigenvalue weighted by Crippen LogP contribution is 2.58. The highest BCUT2D eigenvalue weighted by atomic mass is 16.2. The zero-order chi connectivity index (χ0) is 16.3. The van der Waals surface area contributed by atoms with Gasteiger partial charge in [0.05, 0.1) is 0 Å². The Bertz CT molecular complexity index is 400. The standard InChI is InChI=1S/C18H34N4O/c1-3-21-8-10-22(11-9-21)14-15(2)13-20-17(23)16-12-18(16)4-6-19-7-5-18/h15-16,19H,3-14H2,1-2H3,(H,20,23). The molecule has 0 bridgehead atoms. The van der Waals surface area contributed by atoms with E-state index < -0.39 is 0 Å². The molecule has 3 fully saturated rings. The Morgan fingerprint density at radius 2 is 1.87 bits per heavy atom. The molecule has 2 heterocycles. The van der Waals surface area contributed by atoms with Gasteiger partial charge >= 0.3 is 0 Å². The van der Waals surface area contributed by atoms with Crippen molar-refractivity contribution in [2.45, 2.75) is 33.1 Å². The molecule has 3 rings (SSSR count). The van der Waals surface area contributed by atoms with Crippen molar-refractivity contribution in [2.75, 3.05) is 58.9 Å². The molecule has 132 valence electrons. The molecule has 1 aliphatic carbocycles. The number of nitrogens with one attached hydrogen (secondary N) is 2. The van der Waals surface area contributed by atoms with Crippen LogP contribution < -0.4 is 10.6 Å². The van der Waals surface area contributed by atoms with Gasteiger partial charge in [-0.1, -0.05) is 13.8 Å². The summed E-state index contributed by atoms with van der Waals surface area (Å²) in [5, 5.41) is 6.63. The van der Waals surface area contributed by atoms with E-state index in [1.54, 1.807) is 0 Å². The first-order valence-corrected chi connectivity index (χ1v) is 9.56. The van der Waals surface area contributed by atoms with Crippen molar-refractivity contribution >= 4 is 5.91 Å². The average Bonchev–Trinajstić information content (AvgIpc) is 3.27. The van der Waals surface area contributed by atoms with Crippen LogP contribution in [0.25, 0.3) is 0 Å². The Kier molecular flexibility index (Phi) is 5.60. The number of carbonyl (C=O) groups is 1. The summed E-state index contributed by atoms with van der Waals surface area (Å²) in [6, 6.07) is 0. The topological polar surface area (TPSA) is 47.6 Å². The number of piperidine rings is 1. The minimum atomic E-state index is 0.296. The Hall–Kier alpha value is -0.650. The predicted molar refractivity (Wildman–Crippen MR) is 93.4 cm³/mol. The first-order chi connectivity index (χ1) is 11.1. The molecule has 0 aromatic rings. The van der Waals surface area contributed by atoms with Gasteiger partial charge < -0.3 is 20.4 Å². The van der Waals surface area contributed by atoms with E-state index in [2.05, 4.69) is 34.3 Å². The van der Waals surface area contributed by atoms with Crippen molar-refractivity contribution in [2.24, 2.45) is 17.3 Å². The second-order valence-electron chi connectivity index (χ2n) is 7.95. The number of piperazine rings is 1. The third-order valence-electron chi connectivity index (χ3n) is 6.21. The minimum absolute atomic E-state index is 0.296. The molecular formula is C18H34N4O. The van der Waals surface area contributed by atoms with Gasteiger partial charge in [-0.2, -0.15) is 0 Å². The van der Waals surface area contributed by atoms with Gasteiger partial charge in [0.15, 0.2) is 0 Å². The van der Waals surface area contributed by atoms with Crippen LogP contribution in [-0.2, 0) is 4.79 Å². The van der Waals surface area contributed by atoms with Crippen LogP contribution >= 0.6 is 0 Å². The highest BCUT2D eigenvalue weighted by molar-refractivity contribution is 5.82. The molecule has 23 heavy (non-hydrogen) atoms. The molecule has 1 saturated carbocycles. The summed E-state index contributed by atoms with van der Waals surface area (Å²) in [6.45, 7) is 14.5. The van der Waals surface area contributed by atoms with E-state index in [-0.39, 0.29) is 0 Å². The number of nitrogens with zero attached hydrogens (tertiary/aromatic N) is 2. The summed E-state index contributed by atoms with van der Waals surface area (Å²) < 4.78 is 0. The number of hydrogen-bond acceptors (Lipinski definition) is 4. The summed E-state index contributed by atoms with van der Waals surface area (Å²) in [5.41, 5.74) is 0.356. The molecule has 0 aromatic carbocycles. The maximum absolute atomic E-state index is 12.4. The first kappa shape index (κ1) is 17.2. The lowest BCUT2D eigenvalue weighted by Crippen LogP contribution is -2.48. The monoisotopic (exact) mass is 322 g/mol. The van der Waals surface area contributed by atoms with E-state index in [9.17, 15) is 4.79 Å². The number of hydrogen-bond donors (Lipinski definition) is 2. The second kappa shape index (κ2) is 7.49. The maximum Gasteiger partial charge on any atom is 0.223 e. The summed E-state index contributed by atoms with van der Waals surface area (Å²) in [6.07, 6.45) is 3.48.